The van der Waals surface area contributed by atoms with Gasteiger partial charge in [-0.3, -0.25) is 4.79 Å². The van der Waals surface area contributed by atoms with Gasteiger partial charge in [0.25, 0.3) is 5.91 Å². The van der Waals surface area contributed by atoms with E-state index in [1.807, 2.05) is 24.3 Å². The fourth-order valence-corrected chi connectivity index (χ4v) is 3.45. The Hall–Kier alpha value is -2.17. The van der Waals surface area contributed by atoms with Crippen LogP contribution in [-0.2, 0) is 0 Å². The molecule has 0 aliphatic heterocycles. The SMILES string of the molecule is CC1CC(C)CC(NC(=O)c2ccc(-n3ccnn3)cc2)C1. The molecule has 1 aliphatic rings. The molecule has 2 aromatic rings. The zero-order chi connectivity index (χ0) is 15.5. The van der Waals surface area contributed by atoms with Gasteiger partial charge in [-0.2, -0.15) is 0 Å². The second kappa shape index (κ2) is 6.30. The molecular formula is C17H22N4O. The summed E-state index contributed by atoms with van der Waals surface area (Å²) in [5.74, 6) is 1.38. The molecule has 5 heteroatoms. The van der Waals surface area contributed by atoms with Crippen LogP contribution in [0, 0.1) is 11.8 Å². The standard InChI is InChI=1S/C17H22N4O/c1-12-9-13(2)11-15(10-12)19-17(22)14-3-5-16(6-4-14)21-8-7-18-20-21/h3-8,12-13,15H,9-11H2,1-2H3,(H,19,22). The molecule has 2 atom stereocenters. The number of amides is 1. The number of rotatable bonds is 3. The second-order valence-electron chi connectivity index (χ2n) is 6.48. The van der Waals surface area contributed by atoms with Crippen molar-refractivity contribution in [3.05, 3.63) is 42.2 Å². The average molecular weight is 298 g/mol. The van der Waals surface area contributed by atoms with E-state index in [0.29, 0.717) is 23.4 Å². The van der Waals surface area contributed by atoms with Gasteiger partial charge in [-0.05, 0) is 55.4 Å². The van der Waals surface area contributed by atoms with Gasteiger partial charge < -0.3 is 5.32 Å². The Morgan fingerprint density at radius 2 is 1.82 bits per heavy atom. The van der Waals surface area contributed by atoms with Gasteiger partial charge in [0.15, 0.2) is 0 Å². The highest BCUT2D eigenvalue weighted by atomic mass is 16.1. The number of carbonyl (C=O) groups is 1. The first-order valence-electron chi connectivity index (χ1n) is 7.89. The summed E-state index contributed by atoms with van der Waals surface area (Å²) in [4.78, 5) is 12.4. The topological polar surface area (TPSA) is 59.8 Å². The first-order chi connectivity index (χ1) is 10.6. The van der Waals surface area contributed by atoms with E-state index in [1.54, 1.807) is 17.1 Å². The van der Waals surface area contributed by atoms with Crippen molar-refractivity contribution >= 4 is 5.91 Å². The monoisotopic (exact) mass is 298 g/mol. The van der Waals surface area contributed by atoms with Crippen LogP contribution in [0.4, 0.5) is 0 Å². The van der Waals surface area contributed by atoms with Crippen molar-refractivity contribution in [3.63, 3.8) is 0 Å². The molecule has 1 fully saturated rings. The third-order valence-corrected chi connectivity index (χ3v) is 4.33. The Bertz CT molecular complexity index is 611. The lowest BCUT2D eigenvalue weighted by Crippen LogP contribution is -2.40. The van der Waals surface area contributed by atoms with Crippen LogP contribution < -0.4 is 5.32 Å². The maximum atomic E-state index is 12.4. The number of nitrogens with one attached hydrogen (secondary N) is 1. The van der Waals surface area contributed by atoms with Crippen LogP contribution in [-0.4, -0.2) is 26.9 Å². The van der Waals surface area contributed by atoms with E-state index in [9.17, 15) is 4.79 Å². The first-order valence-corrected chi connectivity index (χ1v) is 7.89. The van der Waals surface area contributed by atoms with Crippen molar-refractivity contribution in [2.75, 3.05) is 0 Å². The zero-order valence-electron chi connectivity index (χ0n) is 13.1. The van der Waals surface area contributed by atoms with Crippen LogP contribution in [0.25, 0.3) is 5.69 Å². The number of nitrogens with zero attached hydrogens (tertiary/aromatic N) is 3. The summed E-state index contributed by atoms with van der Waals surface area (Å²) in [6.07, 6.45) is 6.82. The van der Waals surface area contributed by atoms with E-state index in [-0.39, 0.29) is 5.91 Å². The van der Waals surface area contributed by atoms with Gasteiger partial charge in [-0.25, -0.2) is 4.68 Å². The minimum Gasteiger partial charge on any atom is -0.349 e. The molecule has 1 N–H and O–H groups in total. The third-order valence-electron chi connectivity index (χ3n) is 4.33. The summed E-state index contributed by atoms with van der Waals surface area (Å²) in [5, 5.41) is 10.9. The Labute approximate surface area is 130 Å². The van der Waals surface area contributed by atoms with E-state index in [4.69, 9.17) is 0 Å². The Balaban J connectivity index is 1.65. The zero-order valence-corrected chi connectivity index (χ0v) is 13.1. The molecule has 1 aliphatic carbocycles. The molecule has 22 heavy (non-hydrogen) atoms. The predicted octanol–water partition coefficient (Wildman–Crippen LogP) is 2.82. The summed E-state index contributed by atoms with van der Waals surface area (Å²) in [6.45, 7) is 4.53. The van der Waals surface area contributed by atoms with Gasteiger partial charge in [0, 0.05) is 11.6 Å². The molecule has 1 aromatic carbocycles. The molecule has 0 bridgehead atoms. The van der Waals surface area contributed by atoms with E-state index in [1.165, 1.54) is 6.42 Å². The van der Waals surface area contributed by atoms with Crippen LogP contribution >= 0.6 is 0 Å². The normalized spacial score (nSPS) is 24.9. The molecule has 2 unspecified atom stereocenters. The van der Waals surface area contributed by atoms with Crippen molar-refractivity contribution in [3.8, 4) is 5.69 Å². The van der Waals surface area contributed by atoms with Gasteiger partial charge in [-0.1, -0.05) is 19.1 Å². The van der Waals surface area contributed by atoms with Crippen LogP contribution in [0.15, 0.2) is 36.7 Å². The van der Waals surface area contributed by atoms with Gasteiger partial charge in [0.2, 0.25) is 0 Å². The highest BCUT2D eigenvalue weighted by Crippen LogP contribution is 2.28. The average Bonchev–Trinajstić information content (AvgIpc) is 3.00. The van der Waals surface area contributed by atoms with Gasteiger partial charge >= 0.3 is 0 Å². The highest BCUT2D eigenvalue weighted by Gasteiger charge is 2.25. The summed E-state index contributed by atoms with van der Waals surface area (Å²) in [5.41, 5.74) is 1.59. The van der Waals surface area contributed by atoms with Gasteiger partial charge in [-0.15, -0.1) is 5.10 Å². The van der Waals surface area contributed by atoms with Gasteiger partial charge in [0.05, 0.1) is 18.1 Å². The molecule has 1 aromatic heterocycles. The van der Waals surface area contributed by atoms with Crippen LogP contribution in [0.1, 0.15) is 43.5 Å². The lowest BCUT2D eigenvalue weighted by Gasteiger charge is -2.32. The van der Waals surface area contributed by atoms with Crippen molar-refractivity contribution in [1.82, 2.24) is 20.3 Å². The Morgan fingerprint density at radius 3 is 2.41 bits per heavy atom. The summed E-state index contributed by atoms with van der Waals surface area (Å²) in [6, 6.07) is 7.73. The summed E-state index contributed by atoms with van der Waals surface area (Å²) >= 11 is 0. The molecule has 1 heterocycles. The van der Waals surface area contributed by atoms with Crippen molar-refractivity contribution in [2.24, 2.45) is 11.8 Å². The molecular weight excluding hydrogens is 276 g/mol. The number of hydrogen-bond donors (Lipinski definition) is 1. The molecule has 116 valence electrons. The van der Waals surface area contributed by atoms with E-state index < -0.39 is 0 Å². The van der Waals surface area contributed by atoms with Gasteiger partial charge in [0.1, 0.15) is 0 Å². The Kier molecular flexibility index (Phi) is 4.22. The molecule has 1 amide bonds. The maximum absolute atomic E-state index is 12.4. The lowest BCUT2D eigenvalue weighted by molar-refractivity contribution is 0.0911. The molecule has 0 saturated heterocycles. The van der Waals surface area contributed by atoms with E-state index in [2.05, 4.69) is 29.5 Å². The Morgan fingerprint density at radius 1 is 1.14 bits per heavy atom. The quantitative estimate of drug-likeness (QED) is 0.948. The minimum absolute atomic E-state index is 0.0106. The number of aromatic nitrogens is 3. The number of benzene rings is 1. The highest BCUT2D eigenvalue weighted by molar-refractivity contribution is 5.94. The third kappa shape index (κ3) is 3.35. The van der Waals surface area contributed by atoms with Crippen LogP contribution in [0.3, 0.4) is 0 Å². The second-order valence-corrected chi connectivity index (χ2v) is 6.48. The molecule has 0 radical (unpaired) electrons. The fourth-order valence-electron chi connectivity index (χ4n) is 3.45. The molecule has 1 saturated carbocycles. The van der Waals surface area contributed by atoms with Crippen molar-refractivity contribution in [1.29, 1.82) is 0 Å². The number of carbonyl (C=O) groups excluding carboxylic acids is 1. The van der Waals surface area contributed by atoms with Crippen LogP contribution in [0.5, 0.6) is 0 Å². The predicted molar refractivity (Wildman–Crippen MR) is 84.8 cm³/mol. The summed E-state index contributed by atoms with van der Waals surface area (Å²) < 4.78 is 1.67. The maximum Gasteiger partial charge on any atom is 0.251 e. The fraction of sp³-hybridized carbons (Fsp3) is 0.471. The number of hydrogen-bond acceptors (Lipinski definition) is 3. The molecule has 5 nitrogen and oxygen atoms in total. The van der Waals surface area contributed by atoms with E-state index >= 15 is 0 Å². The van der Waals surface area contributed by atoms with Crippen molar-refractivity contribution < 1.29 is 4.79 Å². The lowest BCUT2D eigenvalue weighted by atomic mass is 9.80. The van der Waals surface area contributed by atoms with Crippen LogP contribution in [0.2, 0.25) is 0 Å². The molecule has 0 spiro atoms. The minimum atomic E-state index is 0.0106. The largest absolute Gasteiger partial charge is 0.349 e. The van der Waals surface area contributed by atoms with E-state index in [0.717, 1.165) is 18.5 Å². The first kappa shape index (κ1) is 14.8. The van der Waals surface area contributed by atoms with Crippen molar-refractivity contribution in [2.45, 2.75) is 39.2 Å². The molecule has 3 rings (SSSR count). The smallest absolute Gasteiger partial charge is 0.251 e. The summed E-state index contributed by atoms with van der Waals surface area (Å²) in [7, 11) is 0.